The Morgan fingerprint density at radius 2 is 2.13 bits per heavy atom. The summed E-state index contributed by atoms with van der Waals surface area (Å²) in [7, 11) is 0. The Labute approximate surface area is 88.3 Å². The van der Waals surface area contributed by atoms with Crippen LogP contribution in [0.15, 0.2) is 18.3 Å². The van der Waals surface area contributed by atoms with Crippen LogP contribution in [-0.4, -0.2) is 17.1 Å². The van der Waals surface area contributed by atoms with E-state index >= 15 is 0 Å². The van der Waals surface area contributed by atoms with Crippen LogP contribution < -0.4 is 5.32 Å². The zero-order valence-electron chi connectivity index (χ0n) is 7.31. The summed E-state index contributed by atoms with van der Waals surface area (Å²) in [6.45, 7) is -0.234. The molecule has 0 atom stereocenters. The summed E-state index contributed by atoms with van der Waals surface area (Å²) in [6.07, 6.45) is -3.57. The lowest BCUT2D eigenvalue weighted by atomic mass is 10.3. The van der Waals surface area contributed by atoms with Gasteiger partial charge in [0.1, 0.15) is 5.15 Å². The first-order chi connectivity index (χ1) is 6.89. The number of carbonyl (C=O) groups is 1. The van der Waals surface area contributed by atoms with Gasteiger partial charge in [0.25, 0.3) is 0 Å². The molecule has 3 nitrogen and oxygen atoms in total. The number of alkyl halides is 3. The minimum atomic E-state index is -4.86. The number of carbonyl (C=O) groups excluding carboxylic acids is 1. The molecule has 0 spiro atoms. The average Bonchev–Trinajstić information content (AvgIpc) is 2.15. The number of nitrogens with one attached hydrogen (secondary N) is 1. The van der Waals surface area contributed by atoms with Crippen molar-refractivity contribution in [3.05, 3.63) is 29.0 Å². The van der Waals surface area contributed by atoms with Gasteiger partial charge in [-0.15, -0.1) is 0 Å². The normalized spacial score (nSPS) is 11.2. The predicted molar refractivity (Wildman–Crippen MR) is 47.1 cm³/mol. The standard InChI is InChI=1S/C8H6ClF3N2O/c9-6-2-1-5(3-13-6)4-14-7(15)8(10,11)12/h1-3H,4H2,(H,14,15). The maximum Gasteiger partial charge on any atom is 0.471 e. The van der Waals surface area contributed by atoms with Gasteiger partial charge in [-0.05, 0) is 11.6 Å². The van der Waals surface area contributed by atoms with E-state index in [4.69, 9.17) is 11.6 Å². The van der Waals surface area contributed by atoms with E-state index in [0.29, 0.717) is 5.56 Å². The summed E-state index contributed by atoms with van der Waals surface area (Å²) in [5.74, 6) is -1.97. The molecule has 1 N–H and O–H groups in total. The van der Waals surface area contributed by atoms with E-state index in [2.05, 4.69) is 4.98 Å². The maximum absolute atomic E-state index is 11.8. The van der Waals surface area contributed by atoms with Crippen molar-refractivity contribution in [1.29, 1.82) is 0 Å². The van der Waals surface area contributed by atoms with Crippen LogP contribution in [0.3, 0.4) is 0 Å². The third-order valence-corrected chi connectivity index (χ3v) is 1.72. The average molecular weight is 239 g/mol. The van der Waals surface area contributed by atoms with Crippen LogP contribution >= 0.6 is 11.6 Å². The second kappa shape index (κ2) is 4.48. The van der Waals surface area contributed by atoms with Gasteiger partial charge in [-0.25, -0.2) is 4.98 Å². The predicted octanol–water partition coefficient (Wildman–Crippen LogP) is 1.91. The molecule has 1 aromatic heterocycles. The molecule has 0 aliphatic rings. The van der Waals surface area contributed by atoms with Crippen molar-refractivity contribution in [3.63, 3.8) is 0 Å². The van der Waals surface area contributed by atoms with Gasteiger partial charge in [-0.1, -0.05) is 17.7 Å². The molecule has 0 aliphatic carbocycles. The maximum atomic E-state index is 11.8. The second-order valence-electron chi connectivity index (χ2n) is 2.67. The number of halogens is 4. The van der Waals surface area contributed by atoms with Crippen molar-refractivity contribution >= 4 is 17.5 Å². The summed E-state index contributed by atoms with van der Waals surface area (Å²) in [5, 5.41) is 1.95. The highest BCUT2D eigenvalue weighted by molar-refractivity contribution is 6.29. The SMILES string of the molecule is O=C(NCc1ccc(Cl)nc1)C(F)(F)F. The van der Waals surface area contributed by atoms with Crippen LogP contribution in [0.4, 0.5) is 13.2 Å². The van der Waals surface area contributed by atoms with Crippen LogP contribution in [-0.2, 0) is 11.3 Å². The van der Waals surface area contributed by atoms with Gasteiger partial charge in [-0.3, -0.25) is 4.79 Å². The minimum Gasteiger partial charge on any atom is -0.344 e. The fraction of sp³-hybridized carbons (Fsp3) is 0.250. The highest BCUT2D eigenvalue weighted by atomic mass is 35.5. The second-order valence-corrected chi connectivity index (χ2v) is 3.06. The number of aromatic nitrogens is 1. The quantitative estimate of drug-likeness (QED) is 0.800. The Morgan fingerprint density at radius 3 is 2.60 bits per heavy atom. The van der Waals surface area contributed by atoms with E-state index in [1.165, 1.54) is 18.3 Å². The molecular formula is C8H6ClF3N2O. The van der Waals surface area contributed by atoms with Crippen molar-refractivity contribution < 1.29 is 18.0 Å². The molecule has 7 heteroatoms. The monoisotopic (exact) mass is 238 g/mol. The van der Waals surface area contributed by atoms with Gasteiger partial charge in [0, 0.05) is 12.7 Å². The summed E-state index contributed by atoms with van der Waals surface area (Å²) in [5.41, 5.74) is 0.442. The first-order valence-corrected chi connectivity index (χ1v) is 4.23. The number of amides is 1. The van der Waals surface area contributed by atoms with Crippen LogP contribution in [0.1, 0.15) is 5.56 Å². The molecule has 0 unspecified atom stereocenters. The molecule has 1 rings (SSSR count). The van der Waals surface area contributed by atoms with E-state index < -0.39 is 12.1 Å². The van der Waals surface area contributed by atoms with Gasteiger partial charge in [0.2, 0.25) is 0 Å². The van der Waals surface area contributed by atoms with E-state index in [0.717, 1.165) is 0 Å². The molecule has 0 bridgehead atoms. The van der Waals surface area contributed by atoms with Gasteiger partial charge >= 0.3 is 12.1 Å². The first kappa shape index (κ1) is 11.8. The highest BCUT2D eigenvalue weighted by Gasteiger charge is 2.38. The minimum absolute atomic E-state index is 0.234. The van der Waals surface area contributed by atoms with Crippen LogP contribution in [0, 0.1) is 0 Å². The number of hydrogen-bond acceptors (Lipinski definition) is 2. The molecule has 0 aliphatic heterocycles. The Hall–Kier alpha value is -1.30. The van der Waals surface area contributed by atoms with E-state index in [1.807, 2.05) is 0 Å². The molecule has 1 amide bonds. The zero-order chi connectivity index (χ0) is 11.5. The largest absolute Gasteiger partial charge is 0.471 e. The molecule has 82 valence electrons. The number of rotatable bonds is 2. The molecule has 1 aromatic rings. The fourth-order valence-corrected chi connectivity index (χ4v) is 0.905. The molecule has 1 heterocycles. The van der Waals surface area contributed by atoms with Gasteiger partial charge in [0.05, 0.1) is 0 Å². The Bertz CT molecular complexity index is 350. The summed E-state index contributed by atoms with van der Waals surface area (Å²) in [6, 6.07) is 2.91. The smallest absolute Gasteiger partial charge is 0.344 e. The summed E-state index contributed by atoms with van der Waals surface area (Å²) in [4.78, 5) is 14.1. The molecule has 0 aromatic carbocycles. The van der Waals surface area contributed by atoms with Crippen molar-refractivity contribution in [2.45, 2.75) is 12.7 Å². The Morgan fingerprint density at radius 1 is 1.47 bits per heavy atom. The zero-order valence-corrected chi connectivity index (χ0v) is 8.06. The fourth-order valence-electron chi connectivity index (χ4n) is 0.794. The highest BCUT2D eigenvalue weighted by Crippen LogP contribution is 2.14. The van der Waals surface area contributed by atoms with Gasteiger partial charge in [-0.2, -0.15) is 13.2 Å². The Kier molecular flexibility index (Phi) is 3.52. The topological polar surface area (TPSA) is 42.0 Å². The summed E-state index contributed by atoms with van der Waals surface area (Å²) < 4.78 is 35.3. The lowest BCUT2D eigenvalue weighted by Gasteiger charge is -2.07. The molecule has 0 saturated heterocycles. The molecule has 15 heavy (non-hydrogen) atoms. The van der Waals surface area contributed by atoms with Crippen molar-refractivity contribution in [1.82, 2.24) is 10.3 Å². The third-order valence-electron chi connectivity index (χ3n) is 1.50. The van der Waals surface area contributed by atoms with Crippen LogP contribution in [0.2, 0.25) is 5.15 Å². The van der Waals surface area contributed by atoms with Gasteiger partial charge < -0.3 is 5.32 Å². The van der Waals surface area contributed by atoms with Crippen LogP contribution in [0.25, 0.3) is 0 Å². The van der Waals surface area contributed by atoms with Crippen LogP contribution in [0.5, 0.6) is 0 Å². The van der Waals surface area contributed by atoms with Crippen molar-refractivity contribution in [3.8, 4) is 0 Å². The molecule has 0 radical (unpaired) electrons. The van der Waals surface area contributed by atoms with E-state index in [9.17, 15) is 18.0 Å². The number of pyridine rings is 1. The molecule has 0 saturated carbocycles. The first-order valence-electron chi connectivity index (χ1n) is 3.85. The molecule has 0 fully saturated rings. The number of nitrogens with zero attached hydrogens (tertiary/aromatic N) is 1. The number of hydrogen-bond donors (Lipinski definition) is 1. The summed E-state index contributed by atoms with van der Waals surface area (Å²) >= 11 is 5.47. The van der Waals surface area contributed by atoms with Crippen molar-refractivity contribution in [2.75, 3.05) is 0 Å². The third kappa shape index (κ3) is 3.75. The van der Waals surface area contributed by atoms with Crippen molar-refractivity contribution in [2.24, 2.45) is 0 Å². The lowest BCUT2D eigenvalue weighted by Crippen LogP contribution is -2.36. The lowest BCUT2D eigenvalue weighted by molar-refractivity contribution is -0.173. The van der Waals surface area contributed by atoms with Gasteiger partial charge in [0.15, 0.2) is 0 Å². The molecular weight excluding hydrogens is 233 g/mol. The van der Waals surface area contributed by atoms with E-state index in [1.54, 1.807) is 5.32 Å². The Balaban J connectivity index is 2.51. The van der Waals surface area contributed by atoms with E-state index in [-0.39, 0.29) is 11.7 Å².